The molecule has 16 heavy (non-hydrogen) atoms. The third-order valence-corrected chi connectivity index (χ3v) is 2.01. The quantitative estimate of drug-likeness (QED) is 0.600. The number of nitrogens with two attached hydrogens (primary N) is 2. The molecule has 0 aliphatic carbocycles. The van der Waals surface area contributed by atoms with Crippen LogP contribution in [0.15, 0.2) is 24.3 Å². The maximum atomic E-state index is 11.4. The van der Waals surface area contributed by atoms with Gasteiger partial charge in [0, 0.05) is 18.7 Å². The molecule has 0 aliphatic heterocycles. The molecular formula is C11H15N3O2. The predicted octanol–water partition coefficient (Wildman–Crippen LogP) is -0.197. The van der Waals surface area contributed by atoms with E-state index in [2.05, 4.69) is 5.32 Å². The van der Waals surface area contributed by atoms with Gasteiger partial charge in [-0.15, -0.1) is 0 Å². The van der Waals surface area contributed by atoms with Crippen LogP contribution in [0.5, 0.6) is 0 Å². The Kier molecular flexibility index (Phi) is 4.32. The van der Waals surface area contributed by atoms with Crippen LogP contribution in [-0.4, -0.2) is 18.4 Å². The summed E-state index contributed by atoms with van der Waals surface area (Å²) in [6.45, 7) is 0.274. The summed E-state index contributed by atoms with van der Waals surface area (Å²) in [5.74, 6) is -0.573. The van der Waals surface area contributed by atoms with Crippen molar-refractivity contribution in [3.63, 3.8) is 0 Å². The molecule has 1 aromatic rings. The molecule has 0 unspecified atom stereocenters. The smallest absolute Gasteiger partial charge is 0.224 e. The Morgan fingerprint density at radius 1 is 1.31 bits per heavy atom. The molecule has 5 heteroatoms. The largest absolute Gasteiger partial charge is 0.399 e. The van der Waals surface area contributed by atoms with E-state index in [1.165, 1.54) is 0 Å². The van der Waals surface area contributed by atoms with Crippen LogP contribution in [0, 0.1) is 0 Å². The molecule has 0 radical (unpaired) electrons. The number of nitrogen functional groups attached to an aromatic ring is 1. The van der Waals surface area contributed by atoms with Crippen molar-refractivity contribution in [1.82, 2.24) is 5.32 Å². The van der Waals surface area contributed by atoms with Crippen molar-refractivity contribution < 1.29 is 9.59 Å². The summed E-state index contributed by atoms with van der Waals surface area (Å²) >= 11 is 0. The molecule has 5 nitrogen and oxygen atoms in total. The molecule has 0 aromatic heterocycles. The van der Waals surface area contributed by atoms with Crippen LogP contribution >= 0.6 is 0 Å². The molecule has 1 rings (SSSR count). The standard InChI is InChI=1S/C11H15N3O2/c12-9-3-1-2-8(6-9)7-11(16)14-5-4-10(13)15/h1-3,6H,4-5,7,12H2,(H2,13,15)(H,14,16). The molecule has 0 bridgehead atoms. The maximum Gasteiger partial charge on any atom is 0.224 e. The number of amides is 2. The van der Waals surface area contributed by atoms with Crippen LogP contribution in [0.2, 0.25) is 0 Å². The predicted molar refractivity (Wildman–Crippen MR) is 61.4 cm³/mol. The van der Waals surface area contributed by atoms with Crippen molar-refractivity contribution in [2.75, 3.05) is 12.3 Å². The molecule has 0 fully saturated rings. The third kappa shape index (κ3) is 4.45. The number of hydrogen-bond acceptors (Lipinski definition) is 3. The van der Waals surface area contributed by atoms with E-state index in [0.29, 0.717) is 5.69 Å². The monoisotopic (exact) mass is 221 g/mol. The lowest BCUT2D eigenvalue weighted by molar-refractivity contribution is -0.120. The first-order chi connectivity index (χ1) is 7.58. The first-order valence-corrected chi connectivity index (χ1v) is 4.97. The van der Waals surface area contributed by atoms with E-state index >= 15 is 0 Å². The molecule has 5 N–H and O–H groups in total. The van der Waals surface area contributed by atoms with Crippen molar-refractivity contribution in [3.8, 4) is 0 Å². The highest BCUT2D eigenvalue weighted by Gasteiger charge is 2.03. The molecule has 0 aliphatic rings. The Balaban J connectivity index is 2.37. The van der Waals surface area contributed by atoms with E-state index in [4.69, 9.17) is 11.5 Å². The minimum atomic E-state index is -0.427. The lowest BCUT2D eigenvalue weighted by atomic mass is 10.1. The Bertz CT molecular complexity index is 391. The Morgan fingerprint density at radius 3 is 2.69 bits per heavy atom. The van der Waals surface area contributed by atoms with Gasteiger partial charge >= 0.3 is 0 Å². The van der Waals surface area contributed by atoms with E-state index in [0.717, 1.165) is 5.56 Å². The van der Waals surface area contributed by atoms with E-state index in [1.54, 1.807) is 18.2 Å². The number of primary amides is 1. The second kappa shape index (κ2) is 5.75. The summed E-state index contributed by atoms with van der Waals surface area (Å²) in [7, 11) is 0. The summed E-state index contributed by atoms with van der Waals surface area (Å²) in [6, 6.07) is 7.12. The number of rotatable bonds is 5. The highest BCUT2D eigenvalue weighted by Crippen LogP contribution is 2.06. The van der Waals surface area contributed by atoms with Crippen molar-refractivity contribution >= 4 is 17.5 Å². The van der Waals surface area contributed by atoms with E-state index in [-0.39, 0.29) is 25.3 Å². The van der Waals surface area contributed by atoms with Gasteiger partial charge in [-0.05, 0) is 17.7 Å². The van der Waals surface area contributed by atoms with Gasteiger partial charge in [-0.1, -0.05) is 12.1 Å². The molecule has 0 heterocycles. The zero-order valence-corrected chi connectivity index (χ0v) is 8.90. The Morgan fingerprint density at radius 2 is 2.06 bits per heavy atom. The summed E-state index contributed by atoms with van der Waals surface area (Å²) in [5, 5.41) is 2.60. The number of hydrogen-bond donors (Lipinski definition) is 3. The van der Waals surface area contributed by atoms with Gasteiger partial charge < -0.3 is 16.8 Å². The molecule has 0 saturated carbocycles. The normalized spacial score (nSPS) is 9.75. The average molecular weight is 221 g/mol. The lowest BCUT2D eigenvalue weighted by Crippen LogP contribution is -2.29. The summed E-state index contributed by atoms with van der Waals surface area (Å²) in [5.41, 5.74) is 12.0. The number of carbonyl (C=O) groups excluding carboxylic acids is 2. The second-order valence-corrected chi connectivity index (χ2v) is 3.49. The van der Waals surface area contributed by atoms with E-state index < -0.39 is 5.91 Å². The minimum absolute atomic E-state index is 0.146. The van der Waals surface area contributed by atoms with Gasteiger partial charge in [0.2, 0.25) is 11.8 Å². The lowest BCUT2D eigenvalue weighted by Gasteiger charge is -2.04. The molecule has 0 saturated heterocycles. The van der Waals surface area contributed by atoms with Crippen molar-refractivity contribution in [2.24, 2.45) is 5.73 Å². The van der Waals surface area contributed by atoms with Gasteiger partial charge in [0.15, 0.2) is 0 Å². The maximum absolute atomic E-state index is 11.4. The highest BCUT2D eigenvalue weighted by molar-refractivity contribution is 5.80. The third-order valence-electron chi connectivity index (χ3n) is 2.01. The molecule has 86 valence electrons. The summed E-state index contributed by atoms with van der Waals surface area (Å²) < 4.78 is 0. The first kappa shape index (κ1) is 12.0. The van der Waals surface area contributed by atoms with E-state index in [9.17, 15) is 9.59 Å². The van der Waals surface area contributed by atoms with Crippen LogP contribution in [0.3, 0.4) is 0 Å². The molecule has 1 aromatic carbocycles. The van der Waals surface area contributed by atoms with Gasteiger partial charge in [0.1, 0.15) is 0 Å². The number of nitrogens with one attached hydrogen (secondary N) is 1. The fourth-order valence-electron chi connectivity index (χ4n) is 1.28. The summed E-state index contributed by atoms with van der Waals surface area (Å²) in [4.78, 5) is 21.8. The van der Waals surface area contributed by atoms with Crippen LogP contribution in [0.1, 0.15) is 12.0 Å². The minimum Gasteiger partial charge on any atom is -0.399 e. The van der Waals surface area contributed by atoms with Crippen LogP contribution in [0.25, 0.3) is 0 Å². The fraction of sp³-hybridized carbons (Fsp3) is 0.273. The van der Waals surface area contributed by atoms with Crippen molar-refractivity contribution in [1.29, 1.82) is 0 Å². The highest BCUT2D eigenvalue weighted by atomic mass is 16.2. The molecule has 0 spiro atoms. The molecular weight excluding hydrogens is 206 g/mol. The molecule has 2 amide bonds. The van der Waals surface area contributed by atoms with Gasteiger partial charge in [0.05, 0.1) is 6.42 Å². The second-order valence-electron chi connectivity index (χ2n) is 3.49. The topological polar surface area (TPSA) is 98.2 Å². The Hall–Kier alpha value is -2.04. The van der Waals surface area contributed by atoms with Crippen molar-refractivity contribution in [2.45, 2.75) is 12.8 Å². The van der Waals surface area contributed by atoms with Gasteiger partial charge in [-0.2, -0.15) is 0 Å². The SMILES string of the molecule is NC(=O)CCNC(=O)Cc1cccc(N)c1. The van der Waals surface area contributed by atoms with Gasteiger partial charge in [-0.3, -0.25) is 9.59 Å². The van der Waals surface area contributed by atoms with Crippen LogP contribution < -0.4 is 16.8 Å². The van der Waals surface area contributed by atoms with E-state index in [1.807, 2.05) is 6.07 Å². The zero-order valence-electron chi connectivity index (χ0n) is 8.90. The van der Waals surface area contributed by atoms with Crippen LogP contribution in [0.4, 0.5) is 5.69 Å². The van der Waals surface area contributed by atoms with Gasteiger partial charge in [0.25, 0.3) is 0 Å². The fourth-order valence-corrected chi connectivity index (χ4v) is 1.28. The Labute approximate surface area is 93.8 Å². The average Bonchev–Trinajstić information content (AvgIpc) is 2.16. The number of benzene rings is 1. The zero-order chi connectivity index (χ0) is 12.0. The molecule has 0 atom stereocenters. The van der Waals surface area contributed by atoms with Crippen molar-refractivity contribution in [3.05, 3.63) is 29.8 Å². The van der Waals surface area contributed by atoms with Crippen LogP contribution in [-0.2, 0) is 16.0 Å². The summed E-state index contributed by atoms with van der Waals surface area (Å²) in [6.07, 6.45) is 0.409. The first-order valence-electron chi connectivity index (χ1n) is 4.97. The number of carbonyl (C=O) groups is 2. The van der Waals surface area contributed by atoms with Gasteiger partial charge in [-0.25, -0.2) is 0 Å². The number of anilines is 1.